The lowest BCUT2D eigenvalue weighted by atomic mass is 10.2. The smallest absolute Gasteiger partial charge is 0.338 e. The molecule has 1 aromatic carbocycles. The summed E-state index contributed by atoms with van der Waals surface area (Å²) in [6.07, 6.45) is 1.70. The van der Waals surface area contributed by atoms with E-state index in [4.69, 9.17) is 10.00 Å². The molecule has 0 amide bonds. The molecule has 1 saturated heterocycles. The summed E-state index contributed by atoms with van der Waals surface area (Å²) in [5.41, 5.74) is 0.558. The van der Waals surface area contributed by atoms with E-state index in [1.165, 1.54) is 0 Å². The van der Waals surface area contributed by atoms with E-state index in [0.29, 0.717) is 12.2 Å². The zero-order valence-corrected chi connectivity index (χ0v) is 9.43. The molecule has 4 heteroatoms. The Morgan fingerprint density at radius 3 is 2.82 bits per heavy atom. The lowest BCUT2D eigenvalue weighted by Gasteiger charge is -2.11. The molecule has 1 aliphatic rings. The van der Waals surface area contributed by atoms with Gasteiger partial charge in [0, 0.05) is 6.04 Å². The van der Waals surface area contributed by atoms with Crippen LogP contribution < -0.4 is 5.32 Å². The molecule has 2 rings (SSSR count). The molecule has 0 spiro atoms. The number of carbonyl (C=O) groups is 1. The fraction of sp³-hybridized carbons (Fsp3) is 0.385. The first-order valence-electron chi connectivity index (χ1n) is 5.67. The van der Waals surface area contributed by atoms with Gasteiger partial charge in [0.15, 0.2) is 0 Å². The summed E-state index contributed by atoms with van der Waals surface area (Å²) in [6.45, 7) is 0.325. The molecule has 1 heterocycles. The quantitative estimate of drug-likeness (QED) is 0.799. The number of nitrogens with zero attached hydrogens (tertiary/aromatic N) is 1. The van der Waals surface area contributed by atoms with E-state index in [9.17, 15) is 4.79 Å². The predicted molar refractivity (Wildman–Crippen MR) is 62.3 cm³/mol. The first kappa shape index (κ1) is 11.6. The van der Waals surface area contributed by atoms with E-state index < -0.39 is 0 Å². The minimum atomic E-state index is -0.312. The van der Waals surface area contributed by atoms with Crippen molar-refractivity contribution in [3.63, 3.8) is 0 Å². The Morgan fingerprint density at radius 1 is 1.41 bits per heavy atom. The third kappa shape index (κ3) is 3.05. The second kappa shape index (κ2) is 5.46. The molecule has 1 aliphatic heterocycles. The number of hydrogen-bond acceptors (Lipinski definition) is 4. The maximum atomic E-state index is 11.6. The Labute approximate surface area is 100 Å². The minimum absolute atomic E-state index is 0.101. The number of nitriles is 1. The van der Waals surface area contributed by atoms with Gasteiger partial charge in [0.05, 0.1) is 17.7 Å². The van der Waals surface area contributed by atoms with Crippen molar-refractivity contribution >= 4 is 5.97 Å². The van der Waals surface area contributed by atoms with Gasteiger partial charge in [-0.2, -0.15) is 5.26 Å². The Kier molecular flexibility index (Phi) is 3.73. The summed E-state index contributed by atoms with van der Waals surface area (Å²) in [7, 11) is 0. The normalized spacial score (nSPS) is 23.0. The second-order valence-electron chi connectivity index (χ2n) is 4.09. The zero-order chi connectivity index (χ0) is 12.1. The van der Waals surface area contributed by atoms with Gasteiger partial charge in [-0.05, 0) is 25.0 Å². The average molecular weight is 230 g/mol. The molecule has 1 unspecified atom stereocenters. The summed E-state index contributed by atoms with van der Waals surface area (Å²) in [6, 6.07) is 11.1. The van der Waals surface area contributed by atoms with Gasteiger partial charge in [-0.25, -0.2) is 4.79 Å². The van der Waals surface area contributed by atoms with Gasteiger partial charge in [0.25, 0.3) is 0 Å². The van der Waals surface area contributed by atoms with Gasteiger partial charge in [-0.1, -0.05) is 18.2 Å². The van der Waals surface area contributed by atoms with Gasteiger partial charge in [0.2, 0.25) is 0 Å². The molecule has 0 bridgehead atoms. The molecule has 0 aromatic heterocycles. The van der Waals surface area contributed by atoms with Gasteiger partial charge in [0.1, 0.15) is 6.61 Å². The minimum Gasteiger partial charge on any atom is -0.460 e. The van der Waals surface area contributed by atoms with E-state index in [-0.39, 0.29) is 18.1 Å². The van der Waals surface area contributed by atoms with Crippen LogP contribution in [0.15, 0.2) is 30.3 Å². The Morgan fingerprint density at radius 2 is 2.18 bits per heavy atom. The maximum Gasteiger partial charge on any atom is 0.338 e. The van der Waals surface area contributed by atoms with E-state index in [1.54, 1.807) is 24.3 Å². The Hall–Kier alpha value is -1.86. The van der Waals surface area contributed by atoms with Gasteiger partial charge in [-0.3, -0.25) is 5.32 Å². The Bertz CT molecular complexity index is 425. The number of nitrogens with one attached hydrogen (secondary N) is 1. The molecule has 0 aliphatic carbocycles. The third-order valence-corrected chi connectivity index (χ3v) is 2.82. The molecule has 88 valence electrons. The van der Waals surface area contributed by atoms with Crippen molar-refractivity contribution in [1.82, 2.24) is 5.32 Å². The van der Waals surface area contributed by atoms with Crippen molar-refractivity contribution < 1.29 is 9.53 Å². The fourth-order valence-corrected chi connectivity index (χ4v) is 1.89. The molecule has 2 atom stereocenters. The molecular weight excluding hydrogens is 216 g/mol. The van der Waals surface area contributed by atoms with E-state index in [1.807, 2.05) is 6.07 Å². The summed E-state index contributed by atoms with van der Waals surface area (Å²) < 4.78 is 5.19. The molecule has 0 radical (unpaired) electrons. The van der Waals surface area contributed by atoms with Gasteiger partial charge < -0.3 is 4.74 Å². The highest BCUT2D eigenvalue weighted by Gasteiger charge is 2.24. The van der Waals surface area contributed by atoms with Crippen LogP contribution >= 0.6 is 0 Å². The van der Waals surface area contributed by atoms with Crippen molar-refractivity contribution in [2.45, 2.75) is 24.9 Å². The number of rotatable bonds is 3. The van der Waals surface area contributed by atoms with Crippen molar-refractivity contribution in [3.8, 4) is 6.07 Å². The third-order valence-electron chi connectivity index (χ3n) is 2.82. The molecule has 17 heavy (non-hydrogen) atoms. The Balaban J connectivity index is 1.80. The van der Waals surface area contributed by atoms with Crippen LogP contribution in [0.1, 0.15) is 23.2 Å². The largest absolute Gasteiger partial charge is 0.460 e. The number of carbonyl (C=O) groups excluding carboxylic acids is 1. The van der Waals surface area contributed by atoms with Crippen molar-refractivity contribution in [3.05, 3.63) is 35.9 Å². The van der Waals surface area contributed by atoms with Crippen LogP contribution in [0.4, 0.5) is 0 Å². The highest BCUT2D eigenvalue weighted by molar-refractivity contribution is 5.89. The van der Waals surface area contributed by atoms with Crippen molar-refractivity contribution in [2.75, 3.05) is 6.61 Å². The highest BCUT2D eigenvalue weighted by atomic mass is 16.5. The molecule has 4 nitrogen and oxygen atoms in total. The maximum absolute atomic E-state index is 11.6. The molecular formula is C13H14N2O2. The standard InChI is InChI=1S/C13H14N2O2/c14-8-11-6-7-12(15-11)9-17-13(16)10-4-2-1-3-5-10/h1-5,11-12,15H,6-7,9H2/t11?,12-/m1/s1. The lowest BCUT2D eigenvalue weighted by molar-refractivity contribution is 0.0472. The zero-order valence-electron chi connectivity index (χ0n) is 9.43. The number of hydrogen-bond donors (Lipinski definition) is 1. The predicted octanol–water partition coefficient (Wildman–Crippen LogP) is 1.49. The SMILES string of the molecule is N#CC1CC[C@H](COC(=O)c2ccccc2)N1. The van der Waals surface area contributed by atoms with Crippen LogP contribution in [0.5, 0.6) is 0 Å². The van der Waals surface area contributed by atoms with Crippen LogP contribution in [-0.2, 0) is 4.74 Å². The van der Waals surface area contributed by atoms with Crippen molar-refractivity contribution in [2.24, 2.45) is 0 Å². The molecule has 1 N–H and O–H groups in total. The van der Waals surface area contributed by atoms with E-state index >= 15 is 0 Å². The van der Waals surface area contributed by atoms with Crippen LogP contribution in [0.25, 0.3) is 0 Å². The highest BCUT2D eigenvalue weighted by Crippen LogP contribution is 2.12. The summed E-state index contributed by atoms with van der Waals surface area (Å²) in [4.78, 5) is 11.6. The fourth-order valence-electron chi connectivity index (χ4n) is 1.89. The van der Waals surface area contributed by atoms with Gasteiger partial charge in [-0.15, -0.1) is 0 Å². The van der Waals surface area contributed by atoms with Gasteiger partial charge >= 0.3 is 5.97 Å². The van der Waals surface area contributed by atoms with Crippen molar-refractivity contribution in [1.29, 1.82) is 5.26 Å². The first-order chi connectivity index (χ1) is 8.29. The van der Waals surface area contributed by atoms with Crippen LogP contribution in [0.3, 0.4) is 0 Å². The van der Waals surface area contributed by atoms with Crippen LogP contribution in [0, 0.1) is 11.3 Å². The lowest BCUT2D eigenvalue weighted by Crippen LogP contribution is -2.32. The first-order valence-corrected chi connectivity index (χ1v) is 5.67. The van der Waals surface area contributed by atoms with E-state index in [2.05, 4.69) is 11.4 Å². The number of benzene rings is 1. The summed E-state index contributed by atoms with van der Waals surface area (Å²) in [5.74, 6) is -0.312. The van der Waals surface area contributed by atoms with Crippen LogP contribution in [0.2, 0.25) is 0 Å². The average Bonchev–Trinajstić information content (AvgIpc) is 2.85. The molecule has 0 saturated carbocycles. The number of ether oxygens (including phenoxy) is 1. The molecule has 1 fully saturated rings. The number of esters is 1. The monoisotopic (exact) mass is 230 g/mol. The second-order valence-corrected chi connectivity index (χ2v) is 4.09. The summed E-state index contributed by atoms with van der Waals surface area (Å²) in [5, 5.41) is 11.8. The molecule has 1 aromatic rings. The topological polar surface area (TPSA) is 62.1 Å². The van der Waals surface area contributed by atoms with Crippen LogP contribution in [-0.4, -0.2) is 24.7 Å². The van der Waals surface area contributed by atoms with E-state index in [0.717, 1.165) is 12.8 Å². The summed E-state index contributed by atoms with van der Waals surface area (Å²) >= 11 is 0.